The van der Waals surface area contributed by atoms with Gasteiger partial charge in [-0.15, -0.1) is 0 Å². The number of aromatic amines is 1. The number of H-pyrrole nitrogens is 1. The van der Waals surface area contributed by atoms with Gasteiger partial charge in [0.2, 0.25) is 0 Å². The molecule has 0 bridgehead atoms. The van der Waals surface area contributed by atoms with Crippen LogP contribution in [0.1, 0.15) is 26.3 Å². The molecule has 0 spiro atoms. The minimum absolute atomic E-state index is 0.264. The Balaban J connectivity index is 1.76. The second kappa shape index (κ2) is 6.31. The van der Waals surface area contributed by atoms with Crippen molar-refractivity contribution in [2.45, 2.75) is 6.18 Å². The van der Waals surface area contributed by atoms with E-state index in [0.29, 0.717) is 5.39 Å². The number of halogens is 3. The zero-order chi connectivity index (χ0) is 18.0. The molecule has 0 radical (unpaired) electrons. The molecular weight excluding hydrogens is 335 g/mol. The molecule has 3 aromatic rings. The van der Waals surface area contributed by atoms with E-state index in [4.69, 9.17) is 0 Å². The van der Waals surface area contributed by atoms with Gasteiger partial charge in [0.15, 0.2) is 0 Å². The van der Waals surface area contributed by atoms with Gasteiger partial charge in [-0.05, 0) is 18.2 Å². The molecule has 0 unspecified atom stereocenters. The second-order valence-corrected chi connectivity index (χ2v) is 5.20. The first-order valence-corrected chi connectivity index (χ1v) is 7.21. The summed E-state index contributed by atoms with van der Waals surface area (Å²) in [4.78, 5) is 27.1. The summed E-state index contributed by atoms with van der Waals surface area (Å²) in [6, 6.07) is 11.3. The largest absolute Gasteiger partial charge is 0.417 e. The predicted molar refractivity (Wildman–Crippen MR) is 84.7 cm³/mol. The highest BCUT2D eigenvalue weighted by molar-refractivity contribution is 6.07. The third kappa shape index (κ3) is 3.32. The summed E-state index contributed by atoms with van der Waals surface area (Å²) < 4.78 is 38.8. The second-order valence-electron chi connectivity index (χ2n) is 5.20. The zero-order valence-corrected chi connectivity index (χ0v) is 12.6. The van der Waals surface area contributed by atoms with Crippen LogP contribution in [-0.2, 0) is 6.18 Å². The minimum atomic E-state index is -4.67. The van der Waals surface area contributed by atoms with Crippen LogP contribution in [0, 0.1) is 0 Å². The molecule has 25 heavy (non-hydrogen) atoms. The van der Waals surface area contributed by atoms with E-state index in [0.717, 1.165) is 17.6 Å². The van der Waals surface area contributed by atoms with Crippen molar-refractivity contribution < 1.29 is 22.8 Å². The zero-order valence-electron chi connectivity index (χ0n) is 12.6. The number of amides is 2. The van der Waals surface area contributed by atoms with Crippen LogP contribution >= 0.6 is 0 Å². The van der Waals surface area contributed by atoms with Gasteiger partial charge in [0.1, 0.15) is 0 Å². The molecule has 0 atom stereocenters. The van der Waals surface area contributed by atoms with Crippen molar-refractivity contribution in [3.05, 3.63) is 71.4 Å². The summed E-state index contributed by atoms with van der Waals surface area (Å²) in [6.45, 7) is 0. The Bertz CT molecular complexity index is 947. The average molecular weight is 347 g/mol. The van der Waals surface area contributed by atoms with Crippen molar-refractivity contribution in [2.75, 3.05) is 0 Å². The van der Waals surface area contributed by atoms with E-state index < -0.39 is 29.1 Å². The molecule has 128 valence electrons. The number of para-hydroxylation sites is 1. The maximum absolute atomic E-state index is 12.9. The Morgan fingerprint density at radius 3 is 2.16 bits per heavy atom. The Kier molecular flexibility index (Phi) is 4.18. The van der Waals surface area contributed by atoms with Crippen LogP contribution < -0.4 is 10.9 Å². The number of hydrogen-bond donors (Lipinski definition) is 3. The van der Waals surface area contributed by atoms with Gasteiger partial charge < -0.3 is 4.98 Å². The van der Waals surface area contributed by atoms with Gasteiger partial charge in [-0.3, -0.25) is 20.4 Å². The maximum atomic E-state index is 12.9. The van der Waals surface area contributed by atoms with Crippen LogP contribution in [0.15, 0.2) is 54.7 Å². The number of carbonyl (C=O) groups is 2. The first-order valence-electron chi connectivity index (χ1n) is 7.21. The number of nitrogens with one attached hydrogen (secondary N) is 3. The number of fused-ring (bicyclic) bond motifs is 1. The van der Waals surface area contributed by atoms with Crippen molar-refractivity contribution in [3.8, 4) is 0 Å². The van der Waals surface area contributed by atoms with Gasteiger partial charge in [0.25, 0.3) is 11.8 Å². The number of hydrazine groups is 1. The van der Waals surface area contributed by atoms with E-state index in [-0.39, 0.29) is 5.56 Å². The summed E-state index contributed by atoms with van der Waals surface area (Å²) in [5.41, 5.74) is 3.48. The van der Waals surface area contributed by atoms with Crippen LogP contribution in [0.2, 0.25) is 0 Å². The van der Waals surface area contributed by atoms with Crippen LogP contribution in [0.4, 0.5) is 13.2 Å². The maximum Gasteiger partial charge on any atom is 0.417 e. The molecular formula is C17H12F3N3O2. The lowest BCUT2D eigenvalue weighted by Gasteiger charge is -2.13. The highest BCUT2D eigenvalue weighted by Gasteiger charge is 2.34. The summed E-state index contributed by atoms with van der Waals surface area (Å²) in [6.07, 6.45) is -3.22. The average Bonchev–Trinajstić information content (AvgIpc) is 3.03. The fraction of sp³-hybridized carbons (Fsp3) is 0.0588. The molecule has 1 heterocycles. The van der Waals surface area contributed by atoms with Crippen molar-refractivity contribution in [2.24, 2.45) is 0 Å². The number of aromatic nitrogens is 1. The summed E-state index contributed by atoms with van der Waals surface area (Å²) >= 11 is 0. The van der Waals surface area contributed by atoms with E-state index in [1.54, 1.807) is 24.3 Å². The van der Waals surface area contributed by atoms with Gasteiger partial charge in [-0.2, -0.15) is 13.2 Å². The van der Waals surface area contributed by atoms with Gasteiger partial charge in [-0.25, -0.2) is 0 Å². The van der Waals surface area contributed by atoms with Gasteiger partial charge >= 0.3 is 6.18 Å². The van der Waals surface area contributed by atoms with Crippen LogP contribution in [-0.4, -0.2) is 16.8 Å². The smallest absolute Gasteiger partial charge is 0.360 e. The monoisotopic (exact) mass is 347 g/mol. The molecule has 1 aromatic heterocycles. The Hall–Kier alpha value is -3.29. The minimum Gasteiger partial charge on any atom is -0.360 e. The quantitative estimate of drug-likeness (QED) is 0.623. The summed E-state index contributed by atoms with van der Waals surface area (Å²) in [5.74, 6) is -1.70. The van der Waals surface area contributed by atoms with E-state index in [9.17, 15) is 22.8 Å². The lowest BCUT2D eigenvalue weighted by molar-refractivity contribution is -0.137. The Morgan fingerprint density at radius 2 is 1.44 bits per heavy atom. The van der Waals surface area contributed by atoms with Crippen molar-refractivity contribution in [1.29, 1.82) is 0 Å². The predicted octanol–water partition coefficient (Wildman–Crippen LogP) is 3.26. The topological polar surface area (TPSA) is 74.0 Å². The fourth-order valence-electron chi connectivity index (χ4n) is 2.44. The Morgan fingerprint density at radius 1 is 0.840 bits per heavy atom. The van der Waals surface area contributed by atoms with Gasteiger partial charge in [0.05, 0.1) is 16.7 Å². The molecule has 0 aliphatic carbocycles. The highest BCUT2D eigenvalue weighted by atomic mass is 19.4. The first kappa shape index (κ1) is 16.6. The molecule has 0 aliphatic rings. The van der Waals surface area contributed by atoms with E-state index >= 15 is 0 Å². The van der Waals surface area contributed by atoms with E-state index in [2.05, 4.69) is 10.4 Å². The van der Waals surface area contributed by atoms with E-state index in [1.807, 2.05) is 5.43 Å². The molecule has 2 aromatic carbocycles. The number of alkyl halides is 3. The van der Waals surface area contributed by atoms with Crippen LogP contribution in [0.5, 0.6) is 0 Å². The van der Waals surface area contributed by atoms with Crippen molar-refractivity contribution in [3.63, 3.8) is 0 Å². The van der Waals surface area contributed by atoms with Crippen molar-refractivity contribution in [1.82, 2.24) is 15.8 Å². The molecule has 2 amide bonds. The Labute approximate surface area is 139 Å². The third-order valence-electron chi connectivity index (χ3n) is 3.60. The standard InChI is InChI=1S/C17H12F3N3O2/c18-17(19,20)13-7-3-1-6-11(13)15(24)22-23-16(25)12-9-21-14-8-4-2-5-10(12)14/h1-9,21H,(H,22,24)(H,23,25). The summed E-state index contributed by atoms with van der Waals surface area (Å²) in [7, 11) is 0. The van der Waals surface area contributed by atoms with Crippen LogP contribution in [0.3, 0.4) is 0 Å². The SMILES string of the molecule is O=C(NNC(=O)c1c[nH]c2ccccc12)c1ccccc1C(F)(F)F. The number of hydrogen-bond acceptors (Lipinski definition) is 2. The molecule has 5 nitrogen and oxygen atoms in total. The molecule has 3 rings (SSSR count). The summed E-state index contributed by atoms with van der Waals surface area (Å²) in [5, 5.41) is 0.630. The van der Waals surface area contributed by atoms with E-state index in [1.165, 1.54) is 18.3 Å². The lowest BCUT2D eigenvalue weighted by atomic mass is 10.1. The first-order chi connectivity index (χ1) is 11.9. The van der Waals surface area contributed by atoms with Crippen molar-refractivity contribution >= 4 is 22.7 Å². The molecule has 0 saturated heterocycles. The van der Waals surface area contributed by atoms with Crippen LogP contribution in [0.25, 0.3) is 10.9 Å². The van der Waals surface area contributed by atoms with Gasteiger partial charge in [-0.1, -0.05) is 30.3 Å². The fourth-order valence-corrected chi connectivity index (χ4v) is 2.44. The number of carbonyl (C=O) groups excluding carboxylic acids is 2. The highest BCUT2D eigenvalue weighted by Crippen LogP contribution is 2.31. The normalized spacial score (nSPS) is 11.3. The number of rotatable bonds is 2. The molecule has 0 fully saturated rings. The lowest BCUT2D eigenvalue weighted by Crippen LogP contribution is -2.42. The molecule has 0 saturated carbocycles. The molecule has 8 heteroatoms. The number of benzene rings is 2. The molecule has 0 aliphatic heterocycles. The molecule has 3 N–H and O–H groups in total. The third-order valence-corrected chi connectivity index (χ3v) is 3.60. The van der Waals surface area contributed by atoms with Gasteiger partial charge in [0, 0.05) is 17.1 Å².